The predicted molar refractivity (Wildman–Crippen MR) is 77.8 cm³/mol. The highest BCUT2D eigenvalue weighted by Gasteiger charge is 2.36. The third-order valence-corrected chi connectivity index (χ3v) is 6.37. The van der Waals surface area contributed by atoms with E-state index in [9.17, 15) is 8.42 Å². The summed E-state index contributed by atoms with van der Waals surface area (Å²) < 4.78 is 27.1. The van der Waals surface area contributed by atoms with Crippen LogP contribution in [-0.2, 0) is 10.0 Å². The van der Waals surface area contributed by atoms with Crippen molar-refractivity contribution in [1.82, 2.24) is 4.31 Å². The molecule has 0 bridgehead atoms. The molecule has 0 aliphatic heterocycles. The van der Waals surface area contributed by atoms with Gasteiger partial charge in [0.1, 0.15) is 0 Å². The largest absolute Gasteiger partial charge is 0.243 e. The molecule has 0 unspecified atom stereocenters. The molecule has 1 aliphatic rings. The molecule has 1 aromatic carbocycles. The molecule has 3 nitrogen and oxygen atoms in total. The average molecular weight is 281 g/mol. The molecule has 2 rings (SSSR count). The minimum atomic E-state index is -3.39. The monoisotopic (exact) mass is 281 g/mol. The summed E-state index contributed by atoms with van der Waals surface area (Å²) in [6.07, 6.45) is 2.29. The fraction of sp³-hybridized carbons (Fsp3) is 0.600. The highest BCUT2D eigenvalue weighted by molar-refractivity contribution is 7.89. The van der Waals surface area contributed by atoms with E-state index in [1.165, 1.54) is 0 Å². The van der Waals surface area contributed by atoms with E-state index in [1.54, 1.807) is 11.4 Å². The van der Waals surface area contributed by atoms with Crippen molar-refractivity contribution in [3.8, 4) is 0 Å². The molecular weight excluding hydrogens is 258 g/mol. The lowest BCUT2D eigenvalue weighted by Crippen LogP contribution is -2.37. The molecule has 0 N–H and O–H groups in total. The summed E-state index contributed by atoms with van der Waals surface area (Å²) >= 11 is 0. The maximum absolute atomic E-state index is 12.8. The summed E-state index contributed by atoms with van der Waals surface area (Å²) in [7, 11) is -1.68. The first-order chi connectivity index (χ1) is 8.75. The van der Waals surface area contributed by atoms with E-state index < -0.39 is 10.0 Å². The van der Waals surface area contributed by atoms with Gasteiger partial charge < -0.3 is 0 Å². The second-order valence-electron chi connectivity index (χ2n) is 5.83. The van der Waals surface area contributed by atoms with Gasteiger partial charge in [0.15, 0.2) is 0 Å². The van der Waals surface area contributed by atoms with Gasteiger partial charge in [-0.2, -0.15) is 4.31 Å². The van der Waals surface area contributed by atoms with E-state index in [1.807, 2.05) is 39.8 Å². The first-order valence-corrected chi connectivity index (χ1v) is 8.25. The Balaban J connectivity index is 2.44. The van der Waals surface area contributed by atoms with E-state index in [4.69, 9.17) is 0 Å². The summed E-state index contributed by atoms with van der Waals surface area (Å²) in [5.41, 5.74) is 2.78. The topological polar surface area (TPSA) is 37.4 Å². The van der Waals surface area contributed by atoms with E-state index in [2.05, 4.69) is 0 Å². The molecule has 4 heteroatoms. The summed E-state index contributed by atoms with van der Waals surface area (Å²) in [5.74, 6) is 0.533. The molecule has 0 saturated heterocycles. The van der Waals surface area contributed by atoms with Crippen LogP contribution in [0.2, 0.25) is 0 Å². The van der Waals surface area contributed by atoms with Gasteiger partial charge >= 0.3 is 0 Å². The van der Waals surface area contributed by atoms with Gasteiger partial charge in [-0.25, -0.2) is 8.42 Å². The standard InChI is InChI=1S/C15H23NO2S/c1-10-8-11(2)15(12(3)9-10)19(17,18)16(5)13(4)14-6-7-14/h8-9,13-14H,6-7H2,1-5H3/t13-/m0/s1. The van der Waals surface area contributed by atoms with Gasteiger partial charge in [-0.15, -0.1) is 0 Å². The van der Waals surface area contributed by atoms with Crippen LogP contribution in [0.1, 0.15) is 36.5 Å². The number of nitrogens with zero attached hydrogens (tertiary/aromatic N) is 1. The minimum absolute atomic E-state index is 0.0881. The summed E-state index contributed by atoms with van der Waals surface area (Å²) in [5, 5.41) is 0. The zero-order valence-electron chi connectivity index (χ0n) is 12.4. The van der Waals surface area contributed by atoms with Crippen LogP contribution in [-0.4, -0.2) is 25.8 Å². The molecule has 1 aromatic rings. The van der Waals surface area contributed by atoms with Gasteiger partial charge in [0.05, 0.1) is 4.90 Å². The van der Waals surface area contributed by atoms with Crippen molar-refractivity contribution in [2.45, 2.75) is 51.5 Å². The van der Waals surface area contributed by atoms with Crippen LogP contribution in [0, 0.1) is 26.7 Å². The second-order valence-corrected chi connectivity index (χ2v) is 7.76. The molecule has 1 aliphatic carbocycles. The number of hydrogen-bond donors (Lipinski definition) is 0. The average Bonchev–Trinajstić information content (AvgIpc) is 3.08. The van der Waals surface area contributed by atoms with Gasteiger partial charge in [0.25, 0.3) is 0 Å². The maximum Gasteiger partial charge on any atom is 0.243 e. The molecule has 1 atom stereocenters. The van der Waals surface area contributed by atoms with Gasteiger partial charge in [-0.3, -0.25) is 0 Å². The van der Waals surface area contributed by atoms with Crippen LogP contribution in [0.15, 0.2) is 17.0 Å². The number of aryl methyl sites for hydroxylation is 3. The Morgan fingerprint density at radius 3 is 2.05 bits per heavy atom. The summed E-state index contributed by atoms with van der Waals surface area (Å²) in [4.78, 5) is 0.480. The normalized spacial score (nSPS) is 17.8. The van der Waals surface area contributed by atoms with E-state index >= 15 is 0 Å². The molecular formula is C15H23NO2S. The maximum atomic E-state index is 12.8. The fourth-order valence-electron chi connectivity index (χ4n) is 2.81. The van der Waals surface area contributed by atoms with Gasteiger partial charge in [-0.05, 0) is 57.6 Å². The fourth-order valence-corrected chi connectivity index (χ4v) is 4.64. The highest BCUT2D eigenvalue weighted by Crippen LogP contribution is 2.37. The Morgan fingerprint density at radius 1 is 1.16 bits per heavy atom. The number of sulfonamides is 1. The van der Waals surface area contributed by atoms with Crippen molar-refractivity contribution in [2.75, 3.05) is 7.05 Å². The van der Waals surface area contributed by atoms with Crippen molar-refractivity contribution < 1.29 is 8.42 Å². The Bertz CT molecular complexity index is 565. The minimum Gasteiger partial charge on any atom is -0.207 e. The van der Waals surface area contributed by atoms with Gasteiger partial charge in [0.2, 0.25) is 10.0 Å². The molecule has 0 radical (unpaired) electrons. The molecule has 0 heterocycles. The van der Waals surface area contributed by atoms with E-state index in [0.717, 1.165) is 29.5 Å². The van der Waals surface area contributed by atoms with Crippen LogP contribution >= 0.6 is 0 Å². The molecule has 0 spiro atoms. The van der Waals surface area contributed by atoms with Crippen LogP contribution in [0.5, 0.6) is 0 Å². The smallest absolute Gasteiger partial charge is 0.207 e. The quantitative estimate of drug-likeness (QED) is 0.850. The summed E-state index contributed by atoms with van der Waals surface area (Å²) in [6, 6.07) is 3.97. The number of hydrogen-bond acceptors (Lipinski definition) is 2. The molecule has 0 aromatic heterocycles. The Kier molecular flexibility index (Phi) is 3.76. The first kappa shape index (κ1) is 14.5. The lowest BCUT2D eigenvalue weighted by Gasteiger charge is -2.26. The van der Waals surface area contributed by atoms with Crippen molar-refractivity contribution in [1.29, 1.82) is 0 Å². The molecule has 0 amide bonds. The van der Waals surface area contributed by atoms with Crippen molar-refractivity contribution in [3.05, 3.63) is 28.8 Å². The van der Waals surface area contributed by atoms with Crippen LogP contribution in [0.25, 0.3) is 0 Å². The van der Waals surface area contributed by atoms with E-state index in [0.29, 0.717) is 10.8 Å². The molecule has 1 saturated carbocycles. The molecule has 1 fully saturated rings. The van der Waals surface area contributed by atoms with Crippen LogP contribution < -0.4 is 0 Å². The van der Waals surface area contributed by atoms with Gasteiger partial charge in [-0.1, -0.05) is 17.7 Å². The zero-order valence-corrected chi connectivity index (χ0v) is 13.2. The number of rotatable bonds is 4. The van der Waals surface area contributed by atoms with Crippen LogP contribution in [0.4, 0.5) is 0 Å². The van der Waals surface area contributed by atoms with Crippen molar-refractivity contribution in [3.63, 3.8) is 0 Å². The molecule has 19 heavy (non-hydrogen) atoms. The first-order valence-electron chi connectivity index (χ1n) is 6.81. The third kappa shape index (κ3) is 2.70. The highest BCUT2D eigenvalue weighted by atomic mass is 32.2. The number of benzene rings is 1. The zero-order chi connectivity index (χ0) is 14.4. The SMILES string of the molecule is Cc1cc(C)c(S(=O)(=O)N(C)[C@@H](C)C2CC2)c(C)c1. The van der Waals surface area contributed by atoms with Crippen molar-refractivity contribution >= 4 is 10.0 Å². The predicted octanol–water partition coefficient (Wildman–Crippen LogP) is 3.03. The molecule has 106 valence electrons. The lowest BCUT2D eigenvalue weighted by molar-refractivity contribution is 0.356. The summed E-state index contributed by atoms with van der Waals surface area (Å²) in [6.45, 7) is 7.76. The Morgan fingerprint density at radius 2 is 1.63 bits per heavy atom. The van der Waals surface area contributed by atoms with Crippen molar-refractivity contribution in [2.24, 2.45) is 5.92 Å². The Labute approximate surface area is 116 Å². The Hall–Kier alpha value is -0.870. The van der Waals surface area contributed by atoms with E-state index in [-0.39, 0.29) is 6.04 Å². The van der Waals surface area contributed by atoms with Gasteiger partial charge in [0, 0.05) is 13.1 Å². The lowest BCUT2D eigenvalue weighted by atomic mass is 10.1. The third-order valence-electron chi connectivity index (χ3n) is 4.12. The van der Waals surface area contributed by atoms with Crippen LogP contribution in [0.3, 0.4) is 0 Å². The second kappa shape index (κ2) is 4.91.